The summed E-state index contributed by atoms with van der Waals surface area (Å²) in [5, 5.41) is 10.3. The van der Waals surface area contributed by atoms with Crippen molar-refractivity contribution in [1.29, 1.82) is 0 Å². The lowest BCUT2D eigenvalue weighted by Crippen LogP contribution is -2.51. The first-order valence-corrected chi connectivity index (χ1v) is 10.5. The van der Waals surface area contributed by atoms with Crippen LogP contribution in [0, 0.1) is 23.1 Å². The van der Waals surface area contributed by atoms with E-state index in [1.807, 2.05) is 42.5 Å². The van der Waals surface area contributed by atoms with Crippen LogP contribution in [0.1, 0.15) is 45.6 Å². The summed E-state index contributed by atoms with van der Waals surface area (Å²) in [6.45, 7) is 5.42. The molecule has 2 N–H and O–H groups in total. The molecule has 29 heavy (non-hydrogen) atoms. The Hall–Kier alpha value is -1.82. The summed E-state index contributed by atoms with van der Waals surface area (Å²) in [7, 11) is 0. The molecule has 2 aromatic carbocycles. The van der Waals surface area contributed by atoms with Gasteiger partial charge in [-0.05, 0) is 54.1 Å². The van der Waals surface area contributed by atoms with Crippen molar-refractivity contribution in [1.82, 2.24) is 10.6 Å². The molecule has 0 aliphatic heterocycles. The fraction of sp³-hybridized carbons (Fsp3) is 0.500. The number of halogens is 2. The Morgan fingerprint density at radius 2 is 1.76 bits per heavy atom. The first-order chi connectivity index (χ1) is 13.9. The minimum absolute atomic E-state index is 0.0250. The Morgan fingerprint density at radius 3 is 2.34 bits per heavy atom. The van der Waals surface area contributed by atoms with Gasteiger partial charge in [0.05, 0.1) is 0 Å². The smallest absolute Gasteiger partial charge is 0.180 e. The van der Waals surface area contributed by atoms with Crippen LogP contribution in [0.3, 0.4) is 0 Å². The average Bonchev–Trinajstić information content (AvgIpc) is 3.47. The number of hydrazine groups is 1. The van der Waals surface area contributed by atoms with Gasteiger partial charge in [-0.2, -0.15) is 0 Å². The molecule has 0 bridgehead atoms. The van der Waals surface area contributed by atoms with Gasteiger partial charge in [-0.25, -0.2) is 14.2 Å². The van der Waals surface area contributed by atoms with E-state index in [4.69, 9.17) is 0 Å². The van der Waals surface area contributed by atoms with Crippen molar-refractivity contribution in [3.8, 4) is 11.1 Å². The van der Waals surface area contributed by atoms with Crippen molar-refractivity contribution in [2.45, 2.75) is 52.5 Å². The van der Waals surface area contributed by atoms with Gasteiger partial charge in [0.2, 0.25) is 0 Å². The molecule has 2 aromatic rings. The zero-order valence-corrected chi connectivity index (χ0v) is 17.5. The molecule has 3 nitrogen and oxygen atoms in total. The third kappa shape index (κ3) is 5.21. The van der Waals surface area contributed by atoms with Crippen LogP contribution >= 0.6 is 0 Å². The van der Waals surface area contributed by atoms with E-state index >= 15 is 4.39 Å². The molecule has 1 saturated carbocycles. The van der Waals surface area contributed by atoms with Crippen molar-refractivity contribution in [2.24, 2.45) is 17.3 Å². The Labute approximate surface area is 172 Å². The van der Waals surface area contributed by atoms with Gasteiger partial charge in [-0.1, -0.05) is 74.5 Å². The fourth-order valence-electron chi connectivity index (χ4n) is 4.72. The molecule has 1 aliphatic carbocycles. The predicted octanol–water partition coefficient (Wildman–Crippen LogP) is 5.99. The zero-order valence-electron chi connectivity index (χ0n) is 17.5. The van der Waals surface area contributed by atoms with E-state index in [-0.39, 0.29) is 23.2 Å². The number of alkyl halides is 1. The number of hydroxylamine groups is 1. The van der Waals surface area contributed by atoms with Gasteiger partial charge in [0.25, 0.3) is 0 Å². The van der Waals surface area contributed by atoms with Crippen LogP contribution in [0.5, 0.6) is 0 Å². The molecule has 0 aromatic heterocycles. The van der Waals surface area contributed by atoms with E-state index in [2.05, 4.69) is 26.2 Å². The Balaban J connectivity index is 1.83. The number of benzene rings is 2. The minimum atomic E-state index is -0.987. The topological polar surface area (TPSA) is 35.5 Å². The molecule has 0 amide bonds. The molecule has 3 rings (SSSR count). The number of rotatable bonds is 10. The van der Waals surface area contributed by atoms with E-state index in [0.29, 0.717) is 28.6 Å². The molecule has 2 unspecified atom stereocenters. The maximum absolute atomic E-state index is 15.3. The highest BCUT2D eigenvalue weighted by Crippen LogP contribution is 2.55. The first kappa shape index (κ1) is 21.9. The largest absolute Gasteiger partial charge is 0.297 e. The molecule has 158 valence electrons. The summed E-state index contributed by atoms with van der Waals surface area (Å²) in [5.41, 5.74) is 5.07. The molecular formula is C24H32F2N2O. The van der Waals surface area contributed by atoms with Gasteiger partial charge >= 0.3 is 0 Å². The molecular weight excluding hydrogens is 370 g/mol. The van der Waals surface area contributed by atoms with E-state index < -0.39 is 6.80 Å². The van der Waals surface area contributed by atoms with Crippen molar-refractivity contribution in [3.05, 3.63) is 59.9 Å². The lowest BCUT2D eigenvalue weighted by molar-refractivity contribution is -0.180. The Kier molecular flexibility index (Phi) is 7.04. The predicted molar refractivity (Wildman–Crippen MR) is 112 cm³/mol. The highest BCUT2D eigenvalue weighted by Gasteiger charge is 2.51. The van der Waals surface area contributed by atoms with Gasteiger partial charge in [0.1, 0.15) is 5.82 Å². The van der Waals surface area contributed by atoms with Crippen LogP contribution in [0.4, 0.5) is 8.78 Å². The Bertz CT molecular complexity index is 793. The van der Waals surface area contributed by atoms with E-state index in [1.165, 1.54) is 0 Å². The van der Waals surface area contributed by atoms with Crippen LogP contribution in [-0.4, -0.2) is 23.2 Å². The van der Waals surface area contributed by atoms with E-state index in [0.717, 1.165) is 24.8 Å². The van der Waals surface area contributed by atoms with Gasteiger partial charge in [-0.15, -0.1) is 0 Å². The van der Waals surface area contributed by atoms with Crippen LogP contribution in [0.15, 0.2) is 48.5 Å². The van der Waals surface area contributed by atoms with Crippen LogP contribution in [-0.2, 0) is 6.42 Å². The lowest BCUT2D eigenvalue weighted by atomic mass is 9.79. The number of hydrogen-bond donors (Lipinski definition) is 2. The molecule has 1 fully saturated rings. The molecule has 0 spiro atoms. The third-order valence-corrected chi connectivity index (χ3v) is 6.04. The number of hydrogen-bond acceptors (Lipinski definition) is 3. The molecule has 0 radical (unpaired) electrons. The van der Waals surface area contributed by atoms with Crippen molar-refractivity contribution < 1.29 is 14.0 Å². The van der Waals surface area contributed by atoms with Crippen molar-refractivity contribution >= 4 is 0 Å². The number of nitrogens with zero attached hydrogens (tertiary/aromatic N) is 1. The second-order valence-corrected chi connectivity index (χ2v) is 8.91. The average molecular weight is 403 g/mol. The SMILES string of the molecule is CC(C)CC1(C(NN(O)CF)C(C)Cc2cccc(-c3ccccc3)c2F)CC1. The monoisotopic (exact) mass is 402 g/mol. The normalized spacial score (nSPS) is 17.5. The molecule has 5 heteroatoms. The third-order valence-electron chi connectivity index (χ3n) is 6.04. The van der Waals surface area contributed by atoms with E-state index in [9.17, 15) is 9.60 Å². The molecule has 2 atom stereocenters. The zero-order chi connectivity index (χ0) is 21.0. The van der Waals surface area contributed by atoms with Crippen LogP contribution < -0.4 is 5.43 Å². The molecule has 0 saturated heterocycles. The first-order valence-electron chi connectivity index (χ1n) is 10.5. The Morgan fingerprint density at radius 1 is 1.07 bits per heavy atom. The van der Waals surface area contributed by atoms with Gasteiger partial charge in [0, 0.05) is 11.6 Å². The summed E-state index contributed by atoms with van der Waals surface area (Å²) in [6.07, 6.45) is 3.60. The highest BCUT2D eigenvalue weighted by molar-refractivity contribution is 5.64. The quantitative estimate of drug-likeness (QED) is 0.378. The molecule has 0 heterocycles. The van der Waals surface area contributed by atoms with Crippen LogP contribution in [0.25, 0.3) is 11.1 Å². The maximum Gasteiger partial charge on any atom is 0.180 e. The summed E-state index contributed by atoms with van der Waals surface area (Å²) < 4.78 is 28.3. The molecule has 1 aliphatic rings. The summed E-state index contributed by atoms with van der Waals surface area (Å²) in [6, 6.07) is 14.9. The van der Waals surface area contributed by atoms with Crippen LogP contribution in [0.2, 0.25) is 0 Å². The summed E-state index contributed by atoms with van der Waals surface area (Å²) >= 11 is 0. The standard InChI is InChI=1S/C24H32F2N2O/c1-17(2)15-24(12-13-24)23(27-28(29)16-25)18(3)14-20-10-7-11-21(22(20)26)19-8-5-4-6-9-19/h4-11,17-18,23,27,29H,12-16H2,1-3H3. The maximum atomic E-state index is 15.3. The highest BCUT2D eigenvalue weighted by atomic mass is 19.1. The van der Waals surface area contributed by atoms with Gasteiger partial charge in [-0.3, -0.25) is 5.21 Å². The fourth-order valence-corrected chi connectivity index (χ4v) is 4.72. The second-order valence-electron chi connectivity index (χ2n) is 8.91. The van der Waals surface area contributed by atoms with Gasteiger partial charge < -0.3 is 0 Å². The summed E-state index contributed by atoms with van der Waals surface area (Å²) in [5.74, 6) is 0.326. The van der Waals surface area contributed by atoms with Crippen molar-refractivity contribution in [2.75, 3.05) is 6.80 Å². The number of nitrogens with one attached hydrogen (secondary N) is 1. The van der Waals surface area contributed by atoms with Crippen molar-refractivity contribution in [3.63, 3.8) is 0 Å². The van der Waals surface area contributed by atoms with Gasteiger partial charge in [0.15, 0.2) is 6.80 Å². The summed E-state index contributed by atoms with van der Waals surface area (Å²) in [4.78, 5) is 0. The lowest BCUT2D eigenvalue weighted by Gasteiger charge is -2.36. The second kappa shape index (κ2) is 9.33. The minimum Gasteiger partial charge on any atom is -0.297 e. The van der Waals surface area contributed by atoms with E-state index in [1.54, 1.807) is 6.07 Å².